The van der Waals surface area contributed by atoms with E-state index in [1.807, 2.05) is 0 Å². The zero-order chi connectivity index (χ0) is 15.4. The van der Waals surface area contributed by atoms with Crippen molar-refractivity contribution in [3.05, 3.63) is 50.6 Å². The molecule has 0 atom stereocenters. The van der Waals surface area contributed by atoms with Crippen molar-refractivity contribution in [3.8, 4) is 11.5 Å². The van der Waals surface area contributed by atoms with Gasteiger partial charge in [-0.2, -0.15) is 5.10 Å². The SMILES string of the molecule is O=[N+]([O-])c1ccc(N/N=C/c2cc(Br)c(O)cc2O)nc1. The second-order valence-electron chi connectivity index (χ2n) is 3.89. The van der Waals surface area contributed by atoms with Gasteiger partial charge in [0.25, 0.3) is 5.69 Å². The highest BCUT2D eigenvalue weighted by atomic mass is 79.9. The van der Waals surface area contributed by atoms with Crippen LogP contribution in [0.15, 0.2) is 40.0 Å². The number of benzene rings is 1. The van der Waals surface area contributed by atoms with Gasteiger partial charge in [0.1, 0.15) is 23.5 Å². The van der Waals surface area contributed by atoms with Crippen molar-refractivity contribution in [2.75, 3.05) is 5.43 Å². The molecule has 0 unspecified atom stereocenters. The van der Waals surface area contributed by atoms with E-state index in [1.54, 1.807) is 0 Å². The third-order valence-corrected chi connectivity index (χ3v) is 3.07. The number of nitrogens with zero attached hydrogens (tertiary/aromatic N) is 3. The summed E-state index contributed by atoms with van der Waals surface area (Å²) >= 11 is 3.12. The van der Waals surface area contributed by atoms with Crippen LogP contribution in [0.5, 0.6) is 11.5 Å². The van der Waals surface area contributed by atoms with Crippen LogP contribution in [0.2, 0.25) is 0 Å². The van der Waals surface area contributed by atoms with E-state index in [0.29, 0.717) is 15.9 Å². The lowest BCUT2D eigenvalue weighted by Crippen LogP contribution is -1.95. The monoisotopic (exact) mass is 352 g/mol. The molecule has 1 aromatic carbocycles. The van der Waals surface area contributed by atoms with Crippen molar-refractivity contribution in [1.82, 2.24) is 4.98 Å². The summed E-state index contributed by atoms with van der Waals surface area (Å²) in [5.74, 6) is 0.0849. The van der Waals surface area contributed by atoms with E-state index >= 15 is 0 Å². The predicted octanol–water partition coefficient (Wildman–Crippen LogP) is 2.61. The number of nitrogens with one attached hydrogen (secondary N) is 1. The molecule has 1 heterocycles. The number of halogens is 1. The Hall–Kier alpha value is -2.68. The second-order valence-corrected chi connectivity index (χ2v) is 4.75. The lowest BCUT2D eigenvalue weighted by Gasteiger charge is -2.02. The lowest BCUT2D eigenvalue weighted by molar-refractivity contribution is -0.385. The highest BCUT2D eigenvalue weighted by Crippen LogP contribution is 2.30. The molecule has 108 valence electrons. The molecule has 3 N–H and O–H groups in total. The van der Waals surface area contributed by atoms with Crippen LogP contribution >= 0.6 is 15.9 Å². The second kappa shape index (κ2) is 6.18. The summed E-state index contributed by atoms with van der Waals surface area (Å²) in [6.07, 6.45) is 2.43. The van der Waals surface area contributed by atoms with E-state index in [2.05, 4.69) is 31.4 Å². The van der Waals surface area contributed by atoms with Gasteiger partial charge < -0.3 is 10.2 Å². The molecule has 0 aliphatic carbocycles. The Morgan fingerprint density at radius 1 is 1.33 bits per heavy atom. The minimum absolute atomic E-state index is 0.0883. The molecule has 0 amide bonds. The number of aromatic nitrogens is 1. The zero-order valence-corrected chi connectivity index (χ0v) is 12.0. The molecule has 0 saturated heterocycles. The molecule has 0 aliphatic rings. The van der Waals surface area contributed by atoms with E-state index in [4.69, 9.17) is 0 Å². The number of phenols is 2. The summed E-state index contributed by atoms with van der Waals surface area (Å²) in [4.78, 5) is 13.7. The van der Waals surface area contributed by atoms with Gasteiger partial charge in [-0.15, -0.1) is 0 Å². The zero-order valence-electron chi connectivity index (χ0n) is 10.4. The number of pyridine rings is 1. The summed E-state index contributed by atoms with van der Waals surface area (Å²) < 4.78 is 0.412. The molecular formula is C12H9BrN4O4. The summed E-state index contributed by atoms with van der Waals surface area (Å²) in [6.45, 7) is 0. The minimum Gasteiger partial charge on any atom is -0.507 e. The number of hydrogen-bond acceptors (Lipinski definition) is 7. The first-order valence-electron chi connectivity index (χ1n) is 5.58. The highest BCUT2D eigenvalue weighted by Gasteiger charge is 2.06. The van der Waals surface area contributed by atoms with E-state index in [9.17, 15) is 20.3 Å². The van der Waals surface area contributed by atoms with Crippen molar-refractivity contribution < 1.29 is 15.1 Å². The summed E-state index contributed by atoms with van der Waals surface area (Å²) in [5, 5.41) is 33.3. The van der Waals surface area contributed by atoms with Crippen molar-refractivity contribution in [2.45, 2.75) is 0 Å². The van der Waals surface area contributed by atoms with Gasteiger partial charge >= 0.3 is 0 Å². The fourth-order valence-electron chi connectivity index (χ4n) is 1.40. The van der Waals surface area contributed by atoms with E-state index in [-0.39, 0.29) is 17.2 Å². The van der Waals surface area contributed by atoms with Crippen LogP contribution in [0, 0.1) is 10.1 Å². The van der Waals surface area contributed by atoms with Crippen LogP contribution < -0.4 is 5.43 Å². The van der Waals surface area contributed by atoms with Gasteiger partial charge in [0.05, 0.1) is 15.6 Å². The smallest absolute Gasteiger partial charge is 0.287 e. The van der Waals surface area contributed by atoms with Gasteiger partial charge in [0, 0.05) is 17.7 Å². The number of rotatable bonds is 4. The molecule has 2 rings (SSSR count). The largest absolute Gasteiger partial charge is 0.507 e. The molecule has 0 fully saturated rings. The first-order valence-corrected chi connectivity index (χ1v) is 6.37. The number of nitro groups is 1. The molecule has 0 spiro atoms. The van der Waals surface area contributed by atoms with Crippen LogP contribution in [-0.2, 0) is 0 Å². The van der Waals surface area contributed by atoms with Crippen LogP contribution in [0.1, 0.15) is 5.56 Å². The van der Waals surface area contributed by atoms with E-state index < -0.39 is 4.92 Å². The molecular weight excluding hydrogens is 344 g/mol. The number of aromatic hydroxyl groups is 2. The van der Waals surface area contributed by atoms with Crippen molar-refractivity contribution in [2.24, 2.45) is 5.10 Å². The van der Waals surface area contributed by atoms with Crippen LogP contribution in [0.3, 0.4) is 0 Å². The van der Waals surface area contributed by atoms with Gasteiger partial charge in [-0.25, -0.2) is 4.98 Å². The molecule has 0 radical (unpaired) electrons. The fourth-order valence-corrected chi connectivity index (χ4v) is 1.76. The highest BCUT2D eigenvalue weighted by molar-refractivity contribution is 9.10. The quantitative estimate of drug-likeness (QED) is 0.441. The lowest BCUT2D eigenvalue weighted by atomic mass is 10.2. The summed E-state index contributed by atoms with van der Waals surface area (Å²) in [5.41, 5.74) is 2.82. The van der Waals surface area contributed by atoms with Crippen LogP contribution in [-0.4, -0.2) is 26.3 Å². The maximum absolute atomic E-state index is 10.5. The van der Waals surface area contributed by atoms with Crippen molar-refractivity contribution in [1.29, 1.82) is 0 Å². The Labute approximate surface area is 127 Å². The fraction of sp³-hybridized carbons (Fsp3) is 0. The number of anilines is 1. The average molecular weight is 353 g/mol. The van der Waals surface area contributed by atoms with Gasteiger partial charge in [0.15, 0.2) is 0 Å². The third-order valence-electron chi connectivity index (χ3n) is 2.44. The van der Waals surface area contributed by atoms with Gasteiger partial charge in [-0.3, -0.25) is 15.5 Å². The topological polar surface area (TPSA) is 121 Å². The molecule has 0 bridgehead atoms. The molecule has 9 heteroatoms. The molecule has 21 heavy (non-hydrogen) atoms. The Kier molecular flexibility index (Phi) is 4.33. The predicted molar refractivity (Wildman–Crippen MR) is 79.6 cm³/mol. The summed E-state index contributed by atoms with van der Waals surface area (Å²) in [6, 6.07) is 5.36. The van der Waals surface area contributed by atoms with Gasteiger partial charge in [-0.05, 0) is 28.1 Å². The normalized spacial score (nSPS) is 10.7. The number of phenolic OH excluding ortho intramolecular Hbond substituents is 2. The Morgan fingerprint density at radius 2 is 2.10 bits per heavy atom. The first-order chi connectivity index (χ1) is 9.97. The minimum atomic E-state index is -0.550. The third kappa shape index (κ3) is 3.66. The average Bonchev–Trinajstić information content (AvgIpc) is 2.45. The Balaban J connectivity index is 2.09. The standard InChI is InChI=1S/C12H9BrN4O4/c13-9-3-7(10(18)4-11(9)19)5-15-16-12-2-1-8(6-14-12)17(20)21/h1-6,18-19H,(H,14,16)/b15-5+. The molecule has 2 aromatic rings. The molecule has 0 saturated carbocycles. The molecule has 8 nitrogen and oxygen atoms in total. The number of hydrogen-bond donors (Lipinski definition) is 3. The van der Waals surface area contributed by atoms with Gasteiger partial charge in [-0.1, -0.05) is 0 Å². The molecule has 0 aliphatic heterocycles. The maximum atomic E-state index is 10.5. The van der Waals surface area contributed by atoms with Crippen LogP contribution in [0.25, 0.3) is 0 Å². The summed E-state index contributed by atoms with van der Waals surface area (Å²) in [7, 11) is 0. The Bertz CT molecular complexity index is 703. The molecule has 1 aromatic heterocycles. The van der Waals surface area contributed by atoms with E-state index in [0.717, 1.165) is 6.20 Å². The Morgan fingerprint density at radius 3 is 2.71 bits per heavy atom. The first kappa shape index (κ1) is 14.7. The van der Waals surface area contributed by atoms with Gasteiger partial charge in [0.2, 0.25) is 0 Å². The maximum Gasteiger partial charge on any atom is 0.287 e. The number of hydrazone groups is 1. The van der Waals surface area contributed by atoms with Crippen molar-refractivity contribution in [3.63, 3.8) is 0 Å². The van der Waals surface area contributed by atoms with E-state index in [1.165, 1.54) is 30.5 Å². The van der Waals surface area contributed by atoms with Crippen LogP contribution in [0.4, 0.5) is 11.5 Å². The van der Waals surface area contributed by atoms with Crippen molar-refractivity contribution >= 4 is 33.6 Å².